The molecule has 5 nitrogen and oxygen atoms in total. The maximum absolute atomic E-state index is 14.1. The highest BCUT2D eigenvalue weighted by Crippen LogP contribution is 2.33. The van der Waals surface area contributed by atoms with Gasteiger partial charge >= 0.3 is 0 Å². The zero-order valence-electron chi connectivity index (χ0n) is 16.3. The summed E-state index contributed by atoms with van der Waals surface area (Å²) >= 11 is 1.42. The fraction of sp³-hybridized carbons (Fsp3) is 0.261. The number of fused-ring (bicyclic) bond motifs is 1. The van der Waals surface area contributed by atoms with E-state index < -0.39 is 0 Å². The number of aromatic amines is 1. The number of carbonyl (C=O) groups excluding carboxylic acids is 1. The molecule has 30 heavy (non-hydrogen) atoms. The first-order chi connectivity index (χ1) is 14.7. The van der Waals surface area contributed by atoms with Gasteiger partial charge in [0.25, 0.3) is 0 Å². The molecule has 1 saturated heterocycles. The van der Waals surface area contributed by atoms with Crippen molar-refractivity contribution in [1.82, 2.24) is 20.1 Å². The zero-order valence-corrected chi connectivity index (χ0v) is 17.2. The fourth-order valence-electron chi connectivity index (χ4n) is 4.10. The number of carbonyl (C=O) groups is 1. The predicted octanol–water partition coefficient (Wildman–Crippen LogP) is 4.77. The summed E-state index contributed by atoms with van der Waals surface area (Å²) in [5.74, 6) is -0.0219. The molecule has 1 amide bonds. The van der Waals surface area contributed by atoms with Gasteiger partial charge in [-0.2, -0.15) is 0 Å². The van der Waals surface area contributed by atoms with Crippen LogP contribution >= 0.6 is 11.3 Å². The first-order valence-corrected chi connectivity index (χ1v) is 10.9. The van der Waals surface area contributed by atoms with Crippen molar-refractivity contribution in [2.24, 2.45) is 0 Å². The van der Waals surface area contributed by atoms with Crippen molar-refractivity contribution in [3.8, 4) is 10.6 Å². The summed E-state index contributed by atoms with van der Waals surface area (Å²) in [4.78, 5) is 18.2. The Hall–Kier alpha value is -3.06. The van der Waals surface area contributed by atoms with Crippen LogP contribution in [0.15, 0.2) is 54.7 Å². The van der Waals surface area contributed by atoms with E-state index >= 15 is 0 Å². The second-order valence-corrected chi connectivity index (χ2v) is 8.65. The Kier molecular flexibility index (Phi) is 5.04. The van der Waals surface area contributed by atoms with Crippen LogP contribution in [-0.2, 0) is 11.2 Å². The quantitative estimate of drug-likeness (QED) is 0.517. The molecule has 1 aliphatic heterocycles. The number of benzene rings is 2. The molecule has 0 spiro atoms. The molecule has 152 valence electrons. The summed E-state index contributed by atoms with van der Waals surface area (Å²) in [6.45, 7) is 1.39. The van der Waals surface area contributed by atoms with Gasteiger partial charge in [0.2, 0.25) is 5.91 Å². The lowest BCUT2D eigenvalue weighted by Gasteiger charge is -2.31. The molecule has 1 atom stereocenters. The van der Waals surface area contributed by atoms with E-state index in [1.54, 1.807) is 18.2 Å². The summed E-state index contributed by atoms with van der Waals surface area (Å²) < 4.78 is 14.1. The van der Waals surface area contributed by atoms with Crippen LogP contribution in [0, 0.1) is 5.82 Å². The van der Waals surface area contributed by atoms with E-state index in [1.807, 2.05) is 35.4 Å². The molecule has 5 rings (SSSR count). The number of para-hydroxylation sites is 1. The zero-order chi connectivity index (χ0) is 20.5. The standard InChI is InChI=1S/C23H21FN4OS/c24-19-9-3-1-8-18(19)23-27-26-22(30-23)15-6-5-11-28(14-15)21(29)12-16-13-25-20-10-4-2-7-17(16)20/h1-4,7-10,13,15,25H,5-6,11-12,14H2/t15-/m0/s1. The van der Waals surface area contributed by atoms with Gasteiger partial charge in [0, 0.05) is 41.7 Å². The number of amides is 1. The van der Waals surface area contributed by atoms with E-state index in [0.29, 0.717) is 23.5 Å². The summed E-state index contributed by atoms with van der Waals surface area (Å²) in [6.07, 6.45) is 4.20. The van der Waals surface area contributed by atoms with Crippen molar-refractivity contribution >= 4 is 28.1 Å². The molecule has 4 aromatic rings. The van der Waals surface area contributed by atoms with Crippen LogP contribution in [0.1, 0.15) is 29.3 Å². The maximum Gasteiger partial charge on any atom is 0.227 e. The van der Waals surface area contributed by atoms with E-state index in [2.05, 4.69) is 15.2 Å². The van der Waals surface area contributed by atoms with Crippen LogP contribution in [-0.4, -0.2) is 39.1 Å². The SMILES string of the molecule is O=C(Cc1c[nH]c2ccccc12)N1CCC[C@H](c2nnc(-c3ccccc3F)s2)C1. The lowest BCUT2D eigenvalue weighted by molar-refractivity contribution is -0.131. The van der Waals surface area contributed by atoms with Crippen molar-refractivity contribution in [1.29, 1.82) is 0 Å². The van der Waals surface area contributed by atoms with Gasteiger partial charge in [-0.1, -0.05) is 41.7 Å². The summed E-state index contributed by atoms with van der Waals surface area (Å²) in [5, 5.41) is 11.1. The second kappa shape index (κ2) is 7.99. The Morgan fingerprint density at radius 1 is 1.17 bits per heavy atom. The molecule has 0 aliphatic carbocycles. The Balaban J connectivity index is 1.30. The van der Waals surface area contributed by atoms with Gasteiger partial charge in [0.05, 0.1) is 6.42 Å². The molecular formula is C23H21FN4OS. The largest absolute Gasteiger partial charge is 0.361 e. The van der Waals surface area contributed by atoms with Gasteiger partial charge in [-0.05, 0) is 36.6 Å². The summed E-state index contributed by atoms with van der Waals surface area (Å²) in [7, 11) is 0. The average molecular weight is 421 g/mol. The van der Waals surface area contributed by atoms with Crippen molar-refractivity contribution in [3.63, 3.8) is 0 Å². The number of nitrogens with zero attached hydrogens (tertiary/aromatic N) is 3. The van der Waals surface area contributed by atoms with Crippen LogP contribution < -0.4 is 0 Å². The third-order valence-corrected chi connectivity index (χ3v) is 6.80. The fourth-order valence-corrected chi connectivity index (χ4v) is 5.10. The van der Waals surface area contributed by atoms with Gasteiger partial charge < -0.3 is 9.88 Å². The number of piperidine rings is 1. The highest BCUT2D eigenvalue weighted by atomic mass is 32.1. The van der Waals surface area contributed by atoms with Crippen LogP contribution in [0.25, 0.3) is 21.5 Å². The predicted molar refractivity (Wildman–Crippen MR) is 116 cm³/mol. The summed E-state index contributed by atoms with van der Waals surface area (Å²) in [5.41, 5.74) is 2.55. The third-order valence-electron chi connectivity index (χ3n) is 5.68. The first kappa shape index (κ1) is 18.9. The van der Waals surface area contributed by atoms with Crippen molar-refractivity contribution < 1.29 is 9.18 Å². The maximum atomic E-state index is 14.1. The Morgan fingerprint density at radius 3 is 2.90 bits per heavy atom. The number of likely N-dealkylation sites (tertiary alicyclic amines) is 1. The minimum absolute atomic E-state index is 0.128. The second-order valence-electron chi connectivity index (χ2n) is 7.64. The van der Waals surface area contributed by atoms with Crippen LogP contribution in [0.3, 0.4) is 0 Å². The van der Waals surface area contributed by atoms with Crippen LogP contribution in [0.4, 0.5) is 4.39 Å². The van der Waals surface area contributed by atoms with Crippen LogP contribution in [0.2, 0.25) is 0 Å². The average Bonchev–Trinajstić information content (AvgIpc) is 3.42. The normalized spacial score (nSPS) is 16.8. The van der Waals surface area contributed by atoms with Gasteiger partial charge in [0.1, 0.15) is 10.8 Å². The number of halogens is 1. The van der Waals surface area contributed by atoms with Gasteiger partial charge in [-0.15, -0.1) is 10.2 Å². The highest BCUT2D eigenvalue weighted by Gasteiger charge is 2.28. The van der Waals surface area contributed by atoms with E-state index in [9.17, 15) is 9.18 Å². The van der Waals surface area contributed by atoms with Crippen molar-refractivity contribution in [2.45, 2.75) is 25.2 Å². The van der Waals surface area contributed by atoms with Crippen molar-refractivity contribution in [3.05, 3.63) is 71.1 Å². The van der Waals surface area contributed by atoms with E-state index in [1.165, 1.54) is 17.4 Å². The minimum atomic E-state index is -0.292. The first-order valence-electron chi connectivity index (χ1n) is 10.1. The molecule has 0 unspecified atom stereocenters. The molecule has 1 fully saturated rings. The Morgan fingerprint density at radius 2 is 2.00 bits per heavy atom. The van der Waals surface area contributed by atoms with E-state index in [0.717, 1.165) is 40.9 Å². The molecular weight excluding hydrogens is 399 g/mol. The monoisotopic (exact) mass is 420 g/mol. The number of H-pyrrole nitrogens is 1. The molecule has 2 aromatic carbocycles. The topological polar surface area (TPSA) is 61.9 Å². The van der Waals surface area contributed by atoms with E-state index in [-0.39, 0.29) is 17.6 Å². The Labute approximate surface area is 177 Å². The number of rotatable bonds is 4. The van der Waals surface area contributed by atoms with Gasteiger partial charge in [-0.25, -0.2) is 4.39 Å². The number of nitrogens with one attached hydrogen (secondary N) is 1. The highest BCUT2D eigenvalue weighted by molar-refractivity contribution is 7.14. The molecule has 3 heterocycles. The van der Waals surface area contributed by atoms with Crippen LogP contribution in [0.5, 0.6) is 0 Å². The van der Waals surface area contributed by atoms with Gasteiger partial charge in [0.15, 0.2) is 5.01 Å². The molecule has 1 N–H and O–H groups in total. The lowest BCUT2D eigenvalue weighted by Crippen LogP contribution is -2.39. The molecule has 1 aliphatic rings. The lowest BCUT2D eigenvalue weighted by atomic mass is 9.98. The minimum Gasteiger partial charge on any atom is -0.361 e. The molecule has 2 aromatic heterocycles. The molecule has 7 heteroatoms. The van der Waals surface area contributed by atoms with Gasteiger partial charge in [-0.3, -0.25) is 4.79 Å². The summed E-state index contributed by atoms with van der Waals surface area (Å²) in [6, 6.07) is 14.6. The molecule has 0 saturated carbocycles. The third kappa shape index (κ3) is 3.61. The molecule has 0 radical (unpaired) electrons. The Bertz CT molecular complexity index is 1200. The number of hydrogen-bond acceptors (Lipinski definition) is 4. The number of hydrogen-bond donors (Lipinski definition) is 1. The molecule has 0 bridgehead atoms. The smallest absolute Gasteiger partial charge is 0.227 e. The van der Waals surface area contributed by atoms with Crippen molar-refractivity contribution in [2.75, 3.05) is 13.1 Å². The van der Waals surface area contributed by atoms with E-state index in [4.69, 9.17) is 0 Å². The number of aromatic nitrogens is 3.